The van der Waals surface area contributed by atoms with Crippen LogP contribution < -0.4 is 10.1 Å². The van der Waals surface area contributed by atoms with Crippen LogP contribution in [0.4, 0.5) is 0 Å². The van der Waals surface area contributed by atoms with E-state index in [0.717, 1.165) is 24.4 Å². The summed E-state index contributed by atoms with van der Waals surface area (Å²) >= 11 is 6.70. The second-order valence-corrected chi connectivity index (χ2v) is 6.37. The maximum atomic E-state index is 12.2. The summed E-state index contributed by atoms with van der Waals surface area (Å²) in [6.45, 7) is 3.99. The lowest BCUT2D eigenvalue weighted by Crippen LogP contribution is -2.34. The van der Waals surface area contributed by atoms with E-state index < -0.39 is 0 Å². The van der Waals surface area contributed by atoms with Gasteiger partial charge in [0.2, 0.25) is 0 Å². The molecular formula is C17H20N2O2S2. The molecule has 0 spiro atoms. The van der Waals surface area contributed by atoms with Crippen LogP contribution in [-0.2, 0) is 6.54 Å². The summed E-state index contributed by atoms with van der Waals surface area (Å²) < 4.78 is 5.72. The summed E-state index contributed by atoms with van der Waals surface area (Å²) in [5, 5.41) is 5.14. The Kier molecular flexibility index (Phi) is 6.70. The van der Waals surface area contributed by atoms with E-state index in [-0.39, 0.29) is 12.5 Å². The molecule has 1 N–H and O–H groups in total. The molecule has 0 saturated carbocycles. The zero-order chi connectivity index (χ0) is 16.7. The maximum absolute atomic E-state index is 12.2. The number of nitrogens with zero attached hydrogens (tertiary/aromatic N) is 1. The molecule has 1 amide bonds. The largest absolute Gasteiger partial charge is 0.486 e. The van der Waals surface area contributed by atoms with Gasteiger partial charge < -0.3 is 15.0 Å². The molecule has 0 aliphatic heterocycles. The number of hydrogen-bond acceptors (Lipinski definition) is 5. The third-order valence-corrected chi connectivity index (χ3v) is 4.50. The lowest BCUT2D eigenvalue weighted by Gasteiger charge is -2.18. The third-order valence-electron chi connectivity index (χ3n) is 3.25. The van der Waals surface area contributed by atoms with Gasteiger partial charge in [-0.05, 0) is 35.7 Å². The van der Waals surface area contributed by atoms with E-state index in [2.05, 4.69) is 12.2 Å². The summed E-state index contributed by atoms with van der Waals surface area (Å²) in [6, 6.07) is 11.5. The first-order valence-electron chi connectivity index (χ1n) is 7.38. The van der Waals surface area contributed by atoms with Gasteiger partial charge in [-0.1, -0.05) is 37.3 Å². The number of thiophene rings is 1. The van der Waals surface area contributed by atoms with Gasteiger partial charge >= 0.3 is 0 Å². The molecule has 0 radical (unpaired) electrons. The van der Waals surface area contributed by atoms with Gasteiger partial charge in [0, 0.05) is 13.6 Å². The fourth-order valence-electron chi connectivity index (χ4n) is 1.94. The lowest BCUT2D eigenvalue weighted by atomic mass is 10.2. The monoisotopic (exact) mass is 348 g/mol. The minimum atomic E-state index is -0.102. The van der Waals surface area contributed by atoms with Crippen LogP contribution in [0.25, 0.3) is 0 Å². The van der Waals surface area contributed by atoms with E-state index in [0.29, 0.717) is 9.87 Å². The Hall–Kier alpha value is -1.76. The average Bonchev–Trinajstić information content (AvgIpc) is 3.11. The topological polar surface area (TPSA) is 41.6 Å². The molecule has 23 heavy (non-hydrogen) atoms. The van der Waals surface area contributed by atoms with Crippen LogP contribution in [0.3, 0.4) is 0 Å². The number of thiocarbonyl (C=S) groups is 1. The van der Waals surface area contributed by atoms with Crippen LogP contribution in [0.15, 0.2) is 41.8 Å². The first-order chi connectivity index (χ1) is 11.1. The number of likely N-dealkylation sites (N-methyl/N-ethyl adjacent to an activating group) is 1. The summed E-state index contributed by atoms with van der Waals surface area (Å²) in [5.41, 5.74) is 1.15. The van der Waals surface area contributed by atoms with Gasteiger partial charge in [0.05, 0.1) is 4.88 Å². The molecule has 0 fully saturated rings. The fraction of sp³-hybridized carbons (Fsp3) is 0.294. The van der Waals surface area contributed by atoms with Crippen molar-refractivity contribution in [2.24, 2.45) is 0 Å². The fourth-order valence-corrected chi connectivity index (χ4v) is 2.78. The molecule has 0 aliphatic rings. The van der Waals surface area contributed by atoms with E-state index in [1.807, 2.05) is 35.7 Å². The van der Waals surface area contributed by atoms with Crippen LogP contribution in [0.1, 0.15) is 22.2 Å². The first kappa shape index (κ1) is 17.6. The molecule has 0 bridgehead atoms. The van der Waals surface area contributed by atoms with E-state index in [1.165, 1.54) is 16.2 Å². The molecule has 1 heterocycles. The second kappa shape index (κ2) is 8.76. The van der Waals surface area contributed by atoms with Gasteiger partial charge in [0.1, 0.15) is 17.3 Å². The van der Waals surface area contributed by atoms with Crippen molar-refractivity contribution < 1.29 is 9.53 Å². The number of ether oxygens (including phenoxy) is 1. The van der Waals surface area contributed by atoms with Crippen molar-refractivity contribution in [1.82, 2.24) is 10.2 Å². The highest BCUT2D eigenvalue weighted by Gasteiger charge is 2.16. The maximum Gasteiger partial charge on any atom is 0.268 e. The molecule has 0 saturated heterocycles. The molecular weight excluding hydrogens is 328 g/mol. The number of benzene rings is 1. The van der Waals surface area contributed by atoms with Gasteiger partial charge in [-0.3, -0.25) is 4.79 Å². The predicted molar refractivity (Wildman–Crippen MR) is 98.3 cm³/mol. The van der Waals surface area contributed by atoms with Gasteiger partial charge in [0.15, 0.2) is 0 Å². The number of amides is 1. The molecule has 4 nitrogen and oxygen atoms in total. The highest BCUT2D eigenvalue weighted by atomic mass is 32.1. The van der Waals surface area contributed by atoms with Gasteiger partial charge in [-0.25, -0.2) is 0 Å². The molecule has 122 valence electrons. The highest BCUT2D eigenvalue weighted by Crippen LogP contribution is 2.15. The summed E-state index contributed by atoms with van der Waals surface area (Å²) in [4.78, 5) is 14.8. The zero-order valence-corrected chi connectivity index (χ0v) is 14.9. The van der Waals surface area contributed by atoms with Crippen molar-refractivity contribution in [3.63, 3.8) is 0 Å². The Labute approximate surface area is 146 Å². The molecule has 0 aliphatic carbocycles. The van der Waals surface area contributed by atoms with Crippen molar-refractivity contribution in [3.05, 3.63) is 52.2 Å². The molecule has 2 aromatic rings. The lowest BCUT2D eigenvalue weighted by molar-refractivity contribution is 0.0872. The van der Waals surface area contributed by atoms with Crippen molar-refractivity contribution in [1.29, 1.82) is 0 Å². The van der Waals surface area contributed by atoms with Crippen LogP contribution >= 0.6 is 23.6 Å². The second-order valence-electron chi connectivity index (χ2n) is 4.95. The minimum Gasteiger partial charge on any atom is -0.486 e. The first-order valence-corrected chi connectivity index (χ1v) is 8.67. The number of carbonyl (C=O) groups excluding carboxylic acids is 1. The summed E-state index contributed by atoms with van der Waals surface area (Å²) in [5.74, 6) is 0.647. The quantitative estimate of drug-likeness (QED) is 0.779. The average molecular weight is 348 g/mol. The van der Waals surface area contributed by atoms with Crippen molar-refractivity contribution in [2.45, 2.75) is 13.5 Å². The normalized spacial score (nSPS) is 10.3. The SMILES string of the molecule is CCNCc1cccc(OCC(=S)N(C)C(=O)c2cccs2)c1. The van der Waals surface area contributed by atoms with Crippen LogP contribution in [-0.4, -0.2) is 36.0 Å². The molecule has 1 aromatic heterocycles. The number of rotatable bonds is 7. The number of nitrogens with one attached hydrogen (secondary N) is 1. The standard InChI is InChI=1S/C17H20N2O2S2/c1-3-18-11-13-6-4-7-14(10-13)21-12-16(22)19(2)17(20)15-8-5-9-23-15/h4-10,18H,3,11-12H2,1-2H3. The Morgan fingerprint density at radius 3 is 2.87 bits per heavy atom. The van der Waals surface area contributed by atoms with Crippen molar-refractivity contribution >= 4 is 34.5 Å². The summed E-state index contributed by atoms with van der Waals surface area (Å²) in [7, 11) is 1.68. The highest BCUT2D eigenvalue weighted by molar-refractivity contribution is 7.80. The third kappa shape index (κ3) is 5.13. The minimum absolute atomic E-state index is 0.102. The van der Waals surface area contributed by atoms with Crippen molar-refractivity contribution in [3.8, 4) is 5.75 Å². The zero-order valence-electron chi connectivity index (χ0n) is 13.2. The molecule has 1 aromatic carbocycles. The Morgan fingerprint density at radius 1 is 1.35 bits per heavy atom. The summed E-state index contributed by atoms with van der Waals surface area (Å²) in [6.07, 6.45) is 0. The molecule has 0 atom stereocenters. The van der Waals surface area contributed by atoms with Crippen LogP contribution in [0.2, 0.25) is 0 Å². The van der Waals surface area contributed by atoms with Gasteiger partial charge in [0.25, 0.3) is 5.91 Å². The van der Waals surface area contributed by atoms with E-state index in [4.69, 9.17) is 17.0 Å². The molecule has 6 heteroatoms. The van der Waals surface area contributed by atoms with Gasteiger partial charge in [-0.2, -0.15) is 0 Å². The molecule has 0 unspecified atom stereocenters. The van der Waals surface area contributed by atoms with E-state index in [1.54, 1.807) is 13.1 Å². The van der Waals surface area contributed by atoms with Gasteiger partial charge in [-0.15, -0.1) is 11.3 Å². The number of carbonyl (C=O) groups is 1. The van der Waals surface area contributed by atoms with E-state index >= 15 is 0 Å². The Morgan fingerprint density at radius 2 is 2.17 bits per heavy atom. The Balaban J connectivity index is 1.90. The predicted octanol–water partition coefficient (Wildman–Crippen LogP) is 3.34. The Bertz CT molecular complexity index is 656. The van der Waals surface area contributed by atoms with E-state index in [9.17, 15) is 4.79 Å². The van der Waals surface area contributed by atoms with Crippen LogP contribution in [0.5, 0.6) is 5.75 Å². The molecule has 2 rings (SSSR count). The van der Waals surface area contributed by atoms with Crippen molar-refractivity contribution in [2.75, 3.05) is 20.2 Å². The number of hydrogen-bond donors (Lipinski definition) is 1. The smallest absolute Gasteiger partial charge is 0.268 e. The van der Waals surface area contributed by atoms with Crippen LogP contribution in [0, 0.1) is 0 Å².